The Balaban J connectivity index is 1.29. The standard InChI is InChI=1S/C29H27Cl2N3O4/c1-17(33(2)27(35)15-34-25-13-23(30)24(31)14-26(25)38-16-28(34)36)20-4-3-5-21(12-20)18-6-8-19(9-7-18)29(37)32-22-10-11-22/h3-9,12-14,17,22H,10-11,15-16H2,1-2H3,(H,32,37). The topological polar surface area (TPSA) is 79.0 Å². The van der Waals surface area contributed by atoms with Crippen molar-refractivity contribution in [2.75, 3.05) is 25.1 Å². The van der Waals surface area contributed by atoms with Gasteiger partial charge in [0, 0.05) is 24.7 Å². The van der Waals surface area contributed by atoms with Crippen molar-refractivity contribution >= 4 is 46.6 Å². The van der Waals surface area contributed by atoms with Crippen molar-refractivity contribution in [3.63, 3.8) is 0 Å². The molecule has 1 heterocycles. The number of hydrogen-bond donors (Lipinski definition) is 1. The van der Waals surface area contributed by atoms with Gasteiger partial charge in [0.1, 0.15) is 12.3 Å². The summed E-state index contributed by atoms with van der Waals surface area (Å²) in [5.41, 5.74) is 3.95. The first-order chi connectivity index (χ1) is 18.2. The van der Waals surface area contributed by atoms with Crippen molar-refractivity contribution in [3.05, 3.63) is 81.8 Å². The molecule has 1 fully saturated rings. The fraction of sp³-hybridized carbons (Fsp3) is 0.276. The number of carbonyl (C=O) groups excluding carboxylic acids is 3. The number of rotatable bonds is 7. The van der Waals surface area contributed by atoms with Gasteiger partial charge in [-0.3, -0.25) is 19.3 Å². The van der Waals surface area contributed by atoms with Gasteiger partial charge in [0.2, 0.25) is 5.91 Å². The van der Waals surface area contributed by atoms with Crippen LogP contribution in [0.1, 0.15) is 41.7 Å². The van der Waals surface area contributed by atoms with E-state index < -0.39 is 0 Å². The summed E-state index contributed by atoms with van der Waals surface area (Å²) in [6, 6.07) is 18.6. The maximum atomic E-state index is 13.3. The molecule has 0 radical (unpaired) electrons. The van der Waals surface area contributed by atoms with Crippen molar-refractivity contribution < 1.29 is 19.1 Å². The Kier molecular flexibility index (Phi) is 7.32. The Morgan fingerprint density at radius 1 is 1.05 bits per heavy atom. The molecule has 1 saturated carbocycles. The number of hydrogen-bond acceptors (Lipinski definition) is 4. The van der Waals surface area contributed by atoms with Gasteiger partial charge in [-0.25, -0.2) is 0 Å². The van der Waals surface area contributed by atoms with E-state index >= 15 is 0 Å². The molecule has 1 unspecified atom stereocenters. The second kappa shape index (κ2) is 10.7. The number of nitrogens with one attached hydrogen (secondary N) is 1. The van der Waals surface area contributed by atoms with Crippen LogP contribution in [0.15, 0.2) is 60.7 Å². The molecular formula is C29H27Cl2N3O4. The van der Waals surface area contributed by atoms with E-state index in [0.717, 1.165) is 29.5 Å². The zero-order valence-corrected chi connectivity index (χ0v) is 22.6. The quantitative estimate of drug-likeness (QED) is 0.420. The molecule has 1 aliphatic carbocycles. The number of benzene rings is 3. The van der Waals surface area contributed by atoms with Crippen LogP contribution in [0.2, 0.25) is 10.0 Å². The highest BCUT2D eigenvalue weighted by molar-refractivity contribution is 6.42. The van der Waals surface area contributed by atoms with E-state index in [1.54, 1.807) is 18.0 Å². The monoisotopic (exact) mass is 551 g/mol. The van der Waals surface area contributed by atoms with Gasteiger partial charge in [-0.05, 0) is 60.7 Å². The minimum Gasteiger partial charge on any atom is -0.482 e. The highest BCUT2D eigenvalue weighted by Crippen LogP contribution is 2.39. The number of fused-ring (bicyclic) bond motifs is 1. The lowest BCUT2D eigenvalue weighted by molar-refractivity contribution is -0.132. The predicted molar refractivity (Wildman–Crippen MR) is 148 cm³/mol. The van der Waals surface area contributed by atoms with E-state index in [1.807, 2.05) is 55.5 Å². The van der Waals surface area contributed by atoms with Gasteiger partial charge in [0.25, 0.3) is 11.8 Å². The lowest BCUT2D eigenvalue weighted by Gasteiger charge is -2.32. The number of carbonyl (C=O) groups is 3. The average Bonchev–Trinajstić information content (AvgIpc) is 3.74. The summed E-state index contributed by atoms with van der Waals surface area (Å²) in [6.45, 7) is 1.60. The minimum atomic E-state index is -0.332. The molecule has 3 aromatic rings. The molecule has 1 atom stereocenters. The second-order valence-corrected chi connectivity index (χ2v) is 10.4. The van der Waals surface area contributed by atoms with Crippen molar-refractivity contribution in [2.24, 2.45) is 0 Å². The van der Waals surface area contributed by atoms with Crippen LogP contribution in [0.25, 0.3) is 11.1 Å². The van der Waals surface area contributed by atoms with Crippen molar-refractivity contribution in [2.45, 2.75) is 31.8 Å². The molecule has 0 saturated heterocycles. The molecule has 2 aliphatic rings. The Hall–Kier alpha value is -3.55. The van der Waals surface area contributed by atoms with Gasteiger partial charge >= 0.3 is 0 Å². The minimum absolute atomic E-state index is 0.0479. The Morgan fingerprint density at radius 2 is 1.76 bits per heavy atom. The van der Waals surface area contributed by atoms with Gasteiger partial charge in [0.05, 0.1) is 21.8 Å². The predicted octanol–water partition coefficient (Wildman–Crippen LogP) is 5.50. The Morgan fingerprint density at radius 3 is 2.47 bits per heavy atom. The van der Waals surface area contributed by atoms with Crippen LogP contribution in [-0.4, -0.2) is 48.9 Å². The molecule has 3 amide bonds. The van der Waals surface area contributed by atoms with E-state index in [1.165, 1.54) is 11.0 Å². The summed E-state index contributed by atoms with van der Waals surface area (Å²) in [5.74, 6) is -0.206. The number of amides is 3. The number of halogens is 2. The molecule has 3 aromatic carbocycles. The molecule has 9 heteroatoms. The van der Waals surface area contributed by atoms with Crippen molar-refractivity contribution in [1.29, 1.82) is 0 Å². The fourth-order valence-electron chi connectivity index (χ4n) is 4.34. The van der Waals surface area contributed by atoms with Gasteiger partial charge in [-0.1, -0.05) is 53.5 Å². The molecule has 1 N–H and O–H groups in total. The van der Waals surface area contributed by atoms with Crippen LogP contribution >= 0.6 is 23.2 Å². The zero-order valence-electron chi connectivity index (χ0n) is 21.0. The molecule has 38 heavy (non-hydrogen) atoms. The SMILES string of the molecule is CC(c1cccc(-c2ccc(C(=O)NC3CC3)cc2)c1)N(C)C(=O)CN1C(=O)COc2cc(Cl)c(Cl)cc21. The van der Waals surface area contributed by atoms with Crippen molar-refractivity contribution in [1.82, 2.24) is 10.2 Å². The number of likely N-dealkylation sites (N-methyl/N-ethyl adjacent to an activating group) is 1. The number of ether oxygens (including phenoxy) is 1. The van der Waals surface area contributed by atoms with Gasteiger partial charge in [-0.2, -0.15) is 0 Å². The lowest BCUT2D eigenvalue weighted by Crippen LogP contribution is -2.46. The fourth-order valence-corrected chi connectivity index (χ4v) is 4.66. The molecule has 5 rings (SSSR count). The Labute approximate surface area is 231 Å². The Bertz CT molecular complexity index is 1410. The second-order valence-electron chi connectivity index (χ2n) is 9.63. The molecule has 1 aliphatic heterocycles. The van der Waals surface area contributed by atoms with Gasteiger partial charge in [-0.15, -0.1) is 0 Å². The maximum Gasteiger partial charge on any atom is 0.265 e. The average molecular weight is 552 g/mol. The summed E-state index contributed by atoms with van der Waals surface area (Å²) in [7, 11) is 1.72. The van der Waals surface area contributed by atoms with E-state index in [4.69, 9.17) is 27.9 Å². The summed E-state index contributed by atoms with van der Waals surface area (Å²) in [4.78, 5) is 41.2. The summed E-state index contributed by atoms with van der Waals surface area (Å²) in [6.07, 6.45) is 2.09. The van der Waals surface area contributed by atoms with E-state index in [-0.39, 0.29) is 41.9 Å². The largest absolute Gasteiger partial charge is 0.482 e. The third-order valence-electron chi connectivity index (χ3n) is 6.97. The summed E-state index contributed by atoms with van der Waals surface area (Å²) >= 11 is 12.2. The van der Waals surface area contributed by atoms with Crippen LogP contribution in [0.4, 0.5) is 5.69 Å². The van der Waals surface area contributed by atoms with E-state index in [2.05, 4.69) is 5.32 Å². The lowest BCUT2D eigenvalue weighted by atomic mass is 9.98. The van der Waals surface area contributed by atoms with E-state index in [0.29, 0.717) is 28.1 Å². The zero-order chi connectivity index (χ0) is 27.0. The molecular weight excluding hydrogens is 525 g/mol. The third kappa shape index (κ3) is 5.49. The normalized spacial score (nSPS) is 15.4. The first kappa shape index (κ1) is 26.1. The third-order valence-corrected chi connectivity index (χ3v) is 7.70. The van der Waals surface area contributed by atoms with Crippen LogP contribution in [0.3, 0.4) is 0 Å². The molecule has 0 bridgehead atoms. The van der Waals surface area contributed by atoms with Crippen molar-refractivity contribution in [3.8, 4) is 16.9 Å². The van der Waals surface area contributed by atoms with Crippen LogP contribution < -0.4 is 15.0 Å². The van der Waals surface area contributed by atoms with E-state index in [9.17, 15) is 14.4 Å². The first-order valence-electron chi connectivity index (χ1n) is 12.4. The van der Waals surface area contributed by atoms with Crippen LogP contribution in [0, 0.1) is 0 Å². The highest BCUT2D eigenvalue weighted by Gasteiger charge is 2.30. The van der Waals surface area contributed by atoms with Gasteiger partial charge in [0.15, 0.2) is 6.61 Å². The number of anilines is 1. The molecule has 7 nitrogen and oxygen atoms in total. The van der Waals surface area contributed by atoms with Gasteiger partial charge < -0.3 is 15.0 Å². The van der Waals surface area contributed by atoms with Crippen LogP contribution in [-0.2, 0) is 9.59 Å². The summed E-state index contributed by atoms with van der Waals surface area (Å²) in [5, 5.41) is 3.59. The summed E-state index contributed by atoms with van der Waals surface area (Å²) < 4.78 is 5.47. The number of nitrogens with zero attached hydrogens (tertiary/aromatic N) is 2. The highest BCUT2D eigenvalue weighted by atomic mass is 35.5. The molecule has 0 spiro atoms. The van der Waals surface area contributed by atoms with Crippen LogP contribution in [0.5, 0.6) is 5.75 Å². The molecule has 0 aromatic heterocycles. The first-order valence-corrected chi connectivity index (χ1v) is 13.2. The molecule has 196 valence electrons. The smallest absolute Gasteiger partial charge is 0.265 e. The maximum absolute atomic E-state index is 13.3.